The molecule has 0 N–H and O–H groups in total. The molecule has 1 fully saturated rings. The van der Waals surface area contributed by atoms with Gasteiger partial charge in [-0.3, -0.25) is 0 Å². The Labute approximate surface area is 161 Å². The largest absolute Gasteiger partial charge is 0.250 e. The summed E-state index contributed by atoms with van der Waals surface area (Å²) in [6.45, 7) is 6.79. The van der Waals surface area contributed by atoms with Crippen LogP contribution in [-0.4, -0.2) is 29.5 Å². The normalized spacial score (nSPS) is 19.0. The molecule has 1 unspecified atom stereocenters. The molecule has 2 heterocycles. The van der Waals surface area contributed by atoms with Crippen LogP contribution < -0.4 is 0 Å². The molecule has 26 heavy (non-hydrogen) atoms. The molecule has 6 heteroatoms. The van der Waals surface area contributed by atoms with E-state index in [0.717, 1.165) is 35.4 Å². The minimum Gasteiger partial charge on any atom is -0.250 e. The van der Waals surface area contributed by atoms with Crippen LogP contribution in [0.2, 0.25) is 0 Å². The van der Waals surface area contributed by atoms with E-state index in [-0.39, 0.29) is 6.04 Å². The monoisotopic (exact) mass is 390 g/mol. The molecule has 1 aliphatic rings. The Morgan fingerprint density at radius 1 is 1.12 bits per heavy atom. The third kappa shape index (κ3) is 4.30. The summed E-state index contributed by atoms with van der Waals surface area (Å²) in [5.41, 5.74) is 2.04. The predicted molar refractivity (Wildman–Crippen MR) is 107 cm³/mol. The number of piperidine rings is 1. The topological polar surface area (TPSA) is 50.3 Å². The van der Waals surface area contributed by atoms with E-state index in [1.807, 2.05) is 37.4 Å². The number of aromatic nitrogens is 1. The van der Waals surface area contributed by atoms with Gasteiger partial charge in [-0.2, -0.15) is 4.31 Å². The molecule has 1 atom stereocenters. The molecule has 0 aliphatic carbocycles. The van der Waals surface area contributed by atoms with Gasteiger partial charge in [0.25, 0.3) is 0 Å². The van der Waals surface area contributed by atoms with Crippen molar-refractivity contribution in [3.05, 3.63) is 53.7 Å². The van der Waals surface area contributed by atoms with E-state index in [1.54, 1.807) is 28.2 Å². The van der Waals surface area contributed by atoms with Gasteiger partial charge >= 0.3 is 0 Å². The van der Waals surface area contributed by atoms with Crippen LogP contribution in [0.5, 0.6) is 0 Å². The third-order valence-corrected chi connectivity index (χ3v) is 7.46. The first kappa shape index (κ1) is 19.4. The zero-order chi connectivity index (χ0) is 18.7. The number of rotatable bonds is 5. The van der Waals surface area contributed by atoms with Gasteiger partial charge in [-0.15, -0.1) is 11.8 Å². The number of aryl methyl sites for hydroxylation is 1. The Balaban J connectivity index is 1.89. The van der Waals surface area contributed by atoms with Crippen molar-refractivity contribution in [3.63, 3.8) is 0 Å². The van der Waals surface area contributed by atoms with Gasteiger partial charge in [0.2, 0.25) is 10.0 Å². The number of thioether (sulfide) groups is 1. The van der Waals surface area contributed by atoms with E-state index in [0.29, 0.717) is 16.7 Å². The summed E-state index contributed by atoms with van der Waals surface area (Å²) >= 11 is 1.72. The summed E-state index contributed by atoms with van der Waals surface area (Å²) in [4.78, 5) is 4.91. The first-order chi connectivity index (χ1) is 12.4. The summed E-state index contributed by atoms with van der Waals surface area (Å²) in [5, 5.41) is 1.45. The van der Waals surface area contributed by atoms with E-state index in [2.05, 4.69) is 18.8 Å². The van der Waals surface area contributed by atoms with Crippen LogP contribution >= 0.6 is 11.8 Å². The molecule has 0 spiro atoms. The Morgan fingerprint density at radius 2 is 1.85 bits per heavy atom. The Hall–Kier alpha value is -1.37. The number of hydrogen-bond acceptors (Lipinski definition) is 4. The molecule has 3 rings (SSSR count). The van der Waals surface area contributed by atoms with Crippen molar-refractivity contribution in [2.24, 2.45) is 0 Å². The van der Waals surface area contributed by atoms with Crippen molar-refractivity contribution in [1.29, 1.82) is 0 Å². The first-order valence-electron chi connectivity index (χ1n) is 9.09. The summed E-state index contributed by atoms with van der Waals surface area (Å²) in [6, 6.07) is 11.0. The van der Waals surface area contributed by atoms with Crippen molar-refractivity contribution < 1.29 is 8.42 Å². The Bertz CT molecular complexity index is 831. The molecule has 1 aliphatic heterocycles. The van der Waals surface area contributed by atoms with Crippen molar-refractivity contribution in [1.82, 2.24) is 9.29 Å². The maximum absolute atomic E-state index is 13.2. The molecule has 0 amide bonds. The van der Waals surface area contributed by atoms with Gasteiger partial charge in [0, 0.05) is 18.0 Å². The van der Waals surface area contributed by atoms with Crippen LogP contribution in [0.15, 0.2) is 52.5 Å². The van der Waals surface area contributed by atoms with Crippen LogP contribution in [0.4, 0.5) is 0 Å². The molecule has 1 saturated heterocycles. The van der Waals surface area contributed by atoms with Gasteiger partial charge < -0.3 is 0 Å². The quantitative estimate of drug-likeness (QED) is 0.688. The van der Waals surface area contributed by atoms with Gasteiger partial charge in [0.15, 0.2) is 0 Å². The highest BCUT2D eigenvalue weighted by Crippen LogP contribution is 2.35. The van der Waals surface area contributed by atoms with Gasteiger partial charge in [-0.05, 0) is 43.5 Å². The summed E-state index contributed by atoms with van der Waals surface area (Å²) < 4.78 is 28.1. The second kappa shape index (κ2) is 8.11. The summed E-state index contributed by atoms with van der Waals surface area (Å²) in [7, 11) is -3.50. The zero-order valence-electron chi connectivity index (χ0n) is 15.6. The lowest BCUT2D eigenvalue weighted by Gasteiger charge is -2.35. The lowest BCUT2D eigenvalue weighted by atomic mass is 9.99. The number of nitrogens with zero attached hydrogens (tertiary/aromatic N) is 2. The second-order valence-electron chi connectivity index (χ2n) is 7.04. The third-order valence-electron chi connectivity index (χ3n) is 4.58. The van der Waals surface area contributed by atoms with E-state index in [1.165, 1.54) is 0 Å². The number of sulfonamides is 1. The van der Waals surface area contributed by atoms with Crippen molar-refractivity contribution in [2.75, 3.05) is 6.54 Å². The van der Waals surface area contributed by atoms with Gasteiger partial charge in [-0.1, -0.05) is 44.0 Å². The molecule has 2 aromatic rings. The molecular formula is C20H26N2O2S2. The van der Waals surface area contributed by atoms with E-state index >= 15 is 0 Å². The molecule has 1 aromatic heterocycles. The minimum atomic E-state index is -3.50. The smallest absolute Gasteiger partial charge is 0.243 e. The fourth-order valence-corrected chi connectivity index (χ4v) is 5.70. The van der Waals surface area contributed by atoms with Crippen molar-refractivity contribution >= 4 is 21.8 Å². The fraction of sp³-hybridized carbons (Fsp3) is 0.450. The predicted octanol–water partition coefficient (Wildman–Crippen LogP) is 4.81. The van der Waals surface area contributed by atoms with Gasteiger partial charge in [0.1, 0.15) is 0 Å². The van der Waals surface area contributed by atoms with Crippen LogP contribution in [0.25, 0.3) is 0 Å². The van der Waals surface area contributed by atoms with E-state index in [4.69, 9.17) is 0 Å². The summed E-state index contributed by atoms with van der Waals surface area (Å²) in [5.74, 6) is 0. The fourth-order valence-electron chi connectivity index (χ4n) is 3.27. The average molecular weight is 391 g/mol. The Morgan fingerprint density at radius 3 is 2.46 bits per heavy atom. The second-order valence-corrected chi connectivity index (χ2v) is 10.5. The maximum atomic E-state index is 13.2. The number of benzene rings is 1. The molecular weight excluding hydrogens is 364 g/mol. The highest BCUT2D eigenvalue weighted by atomic mass is 32.2. The molecule has 0 saturated carbocycles. The highest BCUT2D eigenvalue weighted by Gasteiger charge is 2.34. The van der Waals surface area contributed by atoms with Crippen LogP contribution in [0.1, 0.15) is 50.3 Å². The van der Waals surface area contributed by atoms with Crippen LogP contribution in [0.3, 0.4) is 0 Å². The molecule has 0 bridgehead atoms. The molecule has 140 valence electrons. The van der Waals surface area contributed by atoms with Crippen molar-refractivity contribution in [3.8, 4) is 0 Å². The highest BCUT2D eigenvalue weighted by molar-refractivity contribution is 7.99. The van der Waals surface area contributed by atoms with Crippen molar-refractivity contribution in [2.45, 2.75) is 61.2 Å². The van der Waals surface area contributed by atoms with Gasteiger partial charge in [0.05, 0.1) is 16.0 Å². The lowest BCUT2D eigenvalue weighted by molar-refractivity contribution is 0.255. The van der Waals surface area contributed by atoms with Crippen LogP contribution in [-0.2, 0) is 10.0 Å². The average Bonchev–Trinajstić information content (AvgIpc) is 2.62. The minimum absolute atomic E-state index is 0.138. The Kier molecular flexibility index (Phi) is 6.05. The zero-order valence-corrected chi connectivity index (χ0v) is 17.2. The SMILES string of the molecule is Cc1ccc(S(=O)(=O)N2CCCCC2c2ccc(SC(C)C)nc2)cc1. The van der Waals surface area contributed by atoms with E-state index < -0.39 is 10.0 Å². The number of pyridine rings is 1. The molecule has 1 aromatic carbocycles. The van der Waals surface area contributed by atoms with Gasteiger partial charge in [-0.25, -0.2) is 13.4 Å². The van der Waals surface area contributed by atoms with E-state index in [9.17, 15) is 8.42 Å². The maximum Gasteiger partial charge on any atom is 0.243 e. The number of hydrogen-bond donors (Lipinski definition) is 0. The first-order valence-corrected chi connectivity index (χ1v) is 11.4. The summed E-state index contributed by atoms with van der Waals surface area (Å²) in [6.07, 6.45) is 4.62. The standard InChI is InChI=1S/C20H26N2O2S2/c1-15(2)25-20-12-9-17(14-21-20)19-6-4-5-13-22(19)26(23,24)18-10-7-16(3)8-11-18/h7-12,14-15,19H,4-6,13H2,1-3H3. The molecule has 4 nitrogen and oxygen atoms in total. The van der Waals surface area contributed by atoms with Crippen LogP contribution in [0, 0.1) is 6.92 Å². The molecule has 0 radical (unpaired) electrons. The lowest BCUT2D eigenvalue weighted by Crippen LogP contribution is -2.38.